The summed E-state index contributed by atoms with van der Waals surface area (Å²) in [5.74, 6) is 4.70. The van der Waals surface area contributed by atoms with Crippen LogP contribution in [0.5, 0.6) is 0 Å². The largest absolute Gasteiger partial charge is 0.294 e. The van der Waals surface area contributed by atoms with E-state index in [2.05, 4.69) is 148 Å². The second-order valence-corrected chi connectivity index (χ2v) is 18.4. The summed E-state index contributed by atoms with van der Waals surface area (Å²) in [6.07, 6.45) is 8.53. The Kier molecular flexibility index (Phi) is 6.30. The molecular weight excluding hydrogens is 607 g/mol. The van der Waals surface area contributed by atoms with Crippen LogP contribution in [-0.2, 0) is 16.2 Å². The lowest BCUT2D eigenvalue weighted by atomic mass is 9.48. The summed E-state index contributed by atoms with van der Waals surface area (Å²) in [7, 11) is 0. The summed E-state index contributed by atoms with van der Waals surface area (Å²) >= 11 is 0. The van der Waals surface area contributed by atoms with Gasteiger partial charge in [-0.05, 0) is 138 Å². The van der Waals surface area contributed by atoms with Crippen LogP contribution in [0.2, 0.25) is 0 Å². The first-order valence-corrected chi connectivity index (χ1v) is 19.1. The van der Waals surface area contributed by atoms with Gasteiger partial charge in [0.2, 0.25) is 0 Å². The van der Waals surface area contributed by atoms with E-state index in [1.54, 1.807) is 5.56 Å². The molecule has 7 aromatic rings. The van der Waals surface area contributed by atoms with E-state index in [1.165, 1.54) is 93.3 Å². The molecule has 0 amide bonds. The van der Waals surface area contributed by atoms with E-state index >= 15 is 0 Å². The predicted octanol–water partition coefficient (Wildman–Crippen LogP) is 12.3. The van der Waals surface area contributed by atoms with Crippen molar-refractivity contribution in [3.8, 4) is 11.6 Å². The summed E-state index contributed by atoms with van der Waals surface area (Å²) in [4.78, 5) is 5.55. The second kappa shape index (κ2) is 10.3. The molecule has 4 bridgehead atoms. The lowest BCUT2D eigenvalue weighted by molar-refractivity contribution is -0.00513. The van der Waals surface area contributed by atoms with Crippen LogP contribution < -0.4 is 0 Å². The van der Waals surface area contributed by atoms with Gasteiger partial charge < -0.3 is 0 Å². The highest BCUT2D eigenvalue weighted by molar-refractivity contribution is 6.10. The van der Waals surface area contributed by atoms with Crippen molar-refractivity contribution in [1.82, 2.24) is 14.1 Å². The Balaban J connectivity index is 1.18. The summed E-state index contributed by atoms with van der Waals surface area (Å²) < 4.78 is 4.84. The summed E-state index contributed by atoms with van der Waals surface area (Å²) in [5, 5.41) is 5.21. The zero-order valence-corrected chi connectivity index (χ0v) is 30.6. The van der Waals surface area contributed by atoms with Crippen LogP contribution in [0.3, 0.4) is 0 Å². The minimum atomic E-state index is 0.0635. The molecule has 4 saturated carbocycles. The molecule has 3 aromatic heterocycles. The normalized spacial score (nSPS) is 23.6. The fourth-order valence-electron chi connectivity index (χ4n) is 10.9. The van der Waals surface area contributed by atoms with E-state index in [0.29, 0.717) is 5.41 Å². The first-order chi connectivity index (χ1) is 23.9. The fraction of sp³-hybridized carbons (Fsp3) is 0.383. The van der Waals surface area contributed by atoms with Crippen LogP contribution in [-0.4, -0.2) is 14.1 Å². The number of fused-ring (bicyclic) bond motifs is 6. The minimum Gasteiger partial charge on any atom is -0.294 e. The van der Waals surface area contributed by atoms with Crippen molar-refractivity contribution < 1.29 is 0 Å². The van der Waals surface area contributed by atoms with E-state index < -0.39 is 0 Å². The van der Waals surface area contributed by atoms with Gasteiger partial charge in [0.1, 0.15) is 11.6 Å². The minimum absolute atomic E-state index is 0.0635. The molecule has 0 unspecified atom stereocenters. The molecule has 252 valence electrons. The highest BCUT2D eigenvalue weighted by Crippen LogP contribution is 2.61. The van der Waals surface area contributed by atoms with Crippen LogP contribution in [0.25, 0.3) is 55.2 Å². The molecule has 4 aliphatic carbocycles. The zero-order chi connectivity index (χ0) is 34.2. The zero-order valence-electron chi connectivity index (χ0n) is 30.6. The number of aromatic nitrogens is 3. The van der Waals surface area contributed by atoms with Gasteiger partial charge >= 0.3 is 0 Å². The number of pyridine rings is 1. The highest BCUT2D eigenvalue weighted by atomic mass is 15.1. The topological polar surface area (TPSA) is 22.8 Å². The molecular formula is C47H49N3. The molecule has 11 rings (SSSR count). The van der Waals surface area contributed by atoms with Crippen LogP contribution >= 0.6 is 0 Å². The van der Waals surface area contributed by atoms with Crippen molar-refractivity contribution in [2.45, 2.75) is 96.3 Å². The maximum absolute atomic E-state index is 5.55. The smallest absolute Gasteiger partial charge is 0.140 e. The number of hydrogen-bond acceptors (Lipinski definition) is 1. The molecule has 3 heteroatoms. The first kappa shape index (κ1) is 30.5. The predicted molar refractivity (Wildman–Crippen MR) is 210 cm³/mol. The summed E-state index contributed by atoms with van der Waals surface area (Å²) in [6, 6.07) is 37.1. The number of para-hydroxylation sites is 1. The van der Waals surface area contributed by atoms with Gasteiger partial charge in [-0.2, -0.15) is 0 Å². The summed E-state index contributed by atoms with van der Waals surface area (Å²) in [6.45, 7) is 13.8. The first-order valence-electron chi connectivity index (χ1n) is 19.1. The third-order valence-corrected chi connectivity index (χ3v) is 13.0. The Morgan fingerprint density at radius 3 is 1.56 bits per heavy atom. The average molecular weight is 656 g/mol. The standard InChI is InChI=1S/C47H49N3/c1-45(2,3)32-15-18-40-37(23-32)38-24-33(46(4,5)6)16-19-41(38)49(40)43-12-9-13-44(48-43)50-39-11-8-7-10-35(39)36-17-14-34(25-42(36)50)47-26-29-20-30(27-47)22-31(21-29)28-47/h7-19,23-25,29-31H,20-22,26-28H2,1-6H3. The van der Waals surface area contributed by atoms with Gasteiger partial charge in [-0.3, -0.25) is 9.13 Å². The van der Waals surface area contributed by atoms with Crippen molar-refractivity contribution in [3.63, 3.8) is 0 Å². The van der Waals surface area contributed by atoms with Crippen molar-refractivity contribution in [3.05, 3.63) is 114 Å². The molecule has 3 nitrogen and oxygen atoms in total. The molecule has 0 atom stereocenters. The molecule has 3 heterocycles. The average Bonchev–Trinajstić information content (AvgIpc) is 3.59. The van der Waals surface area contributed by atoms with Crippen molar-refractivity contribution >= 4 is 43.6 Å². The van der Waals surface area contributed by atoms with Gasteiger partial charge in [0, 0.05) is 21.5 Å². The highest BCUT2D eigenvalue weighted by Gasteiger charge is 2.51. The van der Waals surface area contributed by atoms with Gasteiger partial charge in [0.25, 0.3) is 0 Å². The molecule has 0 saturated heterocycles. The van der Waals surface area contributed by atoms with Gasteiger partial charge in [0.15, 0.2) is 0 Å². The Morgan fingerprint density at radius 1 is 0.500 bits per heavy atom. The Morgan fingerprint density at radius 2 is 1.00 bits per heavy atom. The maximum Gasteiger partial charge on any atom is 0.140 e. The van der Waals surface area contributed by atoms with Crippen molar-refractivity contribution in [2.24, 2.45) is 17.8 Å². The molecule has 0 N–H and O–H groups in total. The number of nitrogens with zero attached hydrogens (tertiary/aromatic N) is 3. The number of benzene rings is 4. The molecule has 4 aliphatic rings. The van der Waals surface area contributed by atoms with E-state index in [0.717, 1.165) is 29.4 Å². The van der Waals surface area contributed by atoms with E-state index in [9.17, 15) is 0 Å². The molecule has 50 heavy (non-hydrogen) atoms. The van der Waals surface area contributed by atoms with Crippen molar-refractivity contribution in [1.29, 1.82) is 0 Å². The summed E-state index contributed by atoms with van der Waals surface area (Å²) in [5.41, 5.74) is 9.67. The van der Waals surface area contributed by atoms with Crippen LogP contribution in [0.1, 0.15) is 96.8 Å². The quantitative estimate of drug-likeness (QED) is 0.186. The number of hydrogen-bond donors (Lipinski definition) is 0. The molecule has 4 aromatic carbocycles. The number of rotatable bonds is 3. The van der Waals surface area contributed by atoms with Gasteiger partial charge in [0.05, 0.1) is 22.1 Å². The van der Waals surface area contributed by atoms with Crippen LogP contribution in [0, 0.1) is 17.8 Å². The third kappa shape index (κ3) is 4.51. The lowest BCUT2D eigenvalue weighted by Crippen LogP contribution is -2.48. The van der Waals surface area contributed by atoms with Crippen molar-refractivity contribution in [2.75, 3.05) is 0 Å². The van der Waals surface area contributed by atoms with Crippen LogP contribution in [0.15, 0.2) is 97.1 Å². The molecule has 0 spiro atoms. The Hall–Kier alpha value is -4.37. The molecule has 0 aliphatic heterocycles. The lowest BCUT2D eigenvalue weighted by Gasteiger charge is -2.57. The van der Waals surface area contributed by atoms with Gasteiger partial charge in [-0.15, -0.1) is 0 Å². The van der Waals surface area contributed by atoms with E-state index in [4.69, 9.17) is 4.98 Å². The third-order valence-electron chi connectivity index (χ3n) is 13.0. The van der Waals surface area contributed by atoms with Gasteiger partial charge in [-0.25, -0.2) is 4.98 Å². The SMILES string of the molecule is CC(C)(C)c1ccc2c(c1)c1cc(C(C)(C)C)ccc1n2-c1cccc(-n2c3ccccc3c3ccc(C45CC6CC(CC(C6)C4)C5)cc32)n1. The Labute approximate surface area is 296 Å². The maximum atomic E-state index is 5.55. The molecule has 4 fully saturated rings. The fourth-order valence-corrected chi connectivity index (χ4v) is 10.9. The molecule has 0 radical (unpaired) electrons. The van der Waals surface area contributed by atoms with Gasteiger partial charge in [-0.1, -0.05) is 90.1 Å². The monoisotopic (exact) mass is 655 g/mol. The van der Waals surface area contributed by atoms with E-state index in [-0.39, 0.29) is 10.8 Å². The van der Waals surface area contributed by atoms with E-state index in [1.807, 2.05) is 0 Å². The Bertz CT molecular complexity index is 2380. The van der Waals surface area contributed by atoms with Crippen LogP contribution in [0.4, 0.5) is 0 Å². The second-order valence-electron chi connectivity index (χ2n) is 18.4.